The van der Waals surface area contributed by atoms with Gasteiger partial charge in [-0.2, -0.15) is 0 Å². The van der Waals surface area contributed by atoms with Crippen molar-refractivity contribution in [2.75, 3.05) is 6.54 Å². The van der Waals surface area contributed by atoms with Gasteiger partial charge in [-0.3, -0.25) is 4.90 Å². The fraction of sp³-hybridized carbons (Fsp3) is 0.545. The predicted octanol–water partition coefficient (Wildman–Crippen LogP) is 2.45. The zero-order chi connectivity index (χ0) is 9.80. The van der Waals surface area contributed by atoms with Crippen molar-refractivity contribution in [3.05, 3.63) is 24.4 Å². The minimum atomic E-state index is -0.211. The highest BCUT2D eigenvalue weighted by atomic mass is 16.6. The highest BCUT2D eigenvalue weighted by Crippen LogP contribution is 2.21. The van der Waals surface area contributed by atoms with Crippen LogP contribution in [0.25, 0.3) is 0 Å². The summed E-state index contributed by atoms with van der Waals surface area (Å²) in [6, 6.07) is 0. The maximum absolute atomic E-state index is 11.6. The Labute approximate surface area is 84.0 Å². The number of ether oxygens (including phenoxy) is 1. The molecular weight excluding hydrogens is 178 g/mol. The van der Waals surface area contributed by atoms with Gasteiger partial charge in [0.05, 0.1) is 0 Å². The summed E-state index contributed by atoms with van der Waals surface area (Å²) in [6.07, 6.45) is 11.9. The number of rotatable bonds is 1. The molecule has 0 aromatic rings. The van der Waals surface area contributed by atoms with Crippen molar-refractivity contribution in [3.8, 4) is 0 Å². The Balaban J connectivity index is 1.82. The predicted molar refractivity (Wildman–Crippen MR) is 53.7 cm³/mol. The molecule has 0 unspecified atom stereocenters. The quantitative estimate of drug-likeness (QED) is 0.640. The lowest BCUT2D eigenvalue weighted by Crippen LogP contribution is -2.30. The minimum Gasteiger partial charge on any atom is -0.446 e. The highest BCUT2D eigenvalue weighted by molar-refractivity contribution is 5.69. The van der Waals surface area contributed by atoms with Crippen LogP contribution in [0.5, 0.6) is 0 Å². The van der Waals surface area contributed by atoms with Crippen molar-refractivity contribution >= 4 is 6.09 Å². The van der Waals surface area contributed by atoms with Gasteiger partial charge in [0, 0.05) is 12.7 Å². The molecule has 14 heavy (non-hydrogen) atoms. The van der Waals surface area contributed by atoms with Crippen LogP contribution in [0.15, 0.2) is 24.4 Å². The smallest absolute Gasteiger partial charge is 0.414 e. The first-order valence-electron chi connectivity index (χ1n) is 5.17. The van der Waals surface area contributed by atoms with E-state index in [2.05, 4.69) is 0 Å². The van der Waals surface area contributed by atoms with Gasteiger partial charge in [-0.25, -0.2) is 4.79 Å². The minimum absolute atomic E-state index is 0.154. The van der Waals surface area contributed by atoms with Crippen molar-refractivity contribution in [3.63, 3.8) is 0 Å². The molecule has 0 aromatic heterocycles. The van der Waals surface area contributed by atoms with E-state index in [-0.39, 0.29) is 12.2 Å². The molecular formula is C11H15NO2. The van der Waals surface area contributed by atoms with E-state index in [4.69, 9.17) is 4.74 Å². The summed E-state index contributed by atoms with van der Waals surface area (Å²) >= 11 is 0. The Morgan fingerprint density at radius 2 is 2.07 bits per heavy atom. The van der Waals surface area contributed by atoms with Crippen LogP contribution in [0.4, 0.5) is 4.79 Å². The third-order valence-electron chi connectivity index (χ3n) is 2.62. The maximum Gasteiger partial charge on any atom is 0.414 e. The third-order valence-corrected chi connectivity index (χ3v) is 2.62. The molecule has 3 nitrogen and oxygen atoms in total. The van der Waals surface area contributed by atoms with Crippen LogP contribution < -0.4 is 0 Å². The van der Waals surface area contributed by atoms with E-state index < -0.39 is 0 Å². The standard InChI is InChI=1S/C11H15NO2/c13-11(12-8-4-1-5-9-12)14-10-6-2-3-7-10/h1,4-5,8,10H,2-3,6-7,9H2. The Hall–Kier alpha value is -1.25. The second kappa shape index (κ2) is 4.31. The number of carbonyl (C=O) groups is 1. The molecule has 1 saturated carbocycles. The molecule has 0 aromatic carbocycles. The molecule has 1 fully saturated rings. The molecule has 3 heteroatoms. The SMILES string of the molecule is O=C(OC1CCCC1)N1C=CC=CC1. The van der Waals surface area contributed by atoms with Gasteiger partial charge in [0.1, 0.15) is 6.10 Å². The van der Waals surface area contributed by atoms with Crippen LogP contribution in [0, 0.1) is 0 Å². The summed E-state index contributed by atoms with van der Waals surface area (Å²) in [6.45, 7) is 0.627. The van der Waals surface area contributed by atoms with Crippen LogP contribution in [0.1, 0.15) is 25.7 Å². The second-order valence-corrected chi connectivity index (χ2v) is 3.71. The number of nitrogens with zero attached hydrogens (tertiary/aromatic N) is 1. The number of hydrogen-bond acceptors (Lipinski definition) is 2. The van der Waals surface area contributed by atoms with E-state index in [1.807, 2.05) is 18.2 Å². The fourth-order valence-electron chi connectivity index (χ4n) is 1.82. The molecule has 2 aliphatic rings. The largest absolute Gasteiger partial charge is 0.446 e. The van der Waals surface area contributed by atoms with Crippen LogP contribution in [0.2, 0.25) is 0 Å². The van der Waals surface area contributed by atoms with Gasteiger partial charge < -0.3 is 4.74 Å². The van der Waals surface area contributed by atoms with Gasteiger partial charge in [-0.15, -0.1) is 0 Å². The molecule has 0 N–H and O–H groups in total. The average Bonchev–Trinajstić information content (AvgIpc) is 2.72. The lowest BCUT2D eigenvalue weighted by molar-refractivity contribution is 0.0788. The Kier molecular flexibility index (Phi) is 2.87. The molecule has 0 bridgehead atoms. The van der Waals surface area contributed by atoms with Crippen LogP contribution in [0.3, 0.4) is 0 Å². The zero-order valence-electron chi connectivity index (χ0n) is 8.19. The summed E-state index contributed by atoms with van der Waals surface area (Å²) in [5, 5.41) is 0. The summed E-state index contributed by atoms with van der Waals surface area (Å²) in [5.41, 5.74) is 0. The molecule has 0 atom stereocenters. The second-order valence-electron chi connectivity index (χ2n) is 3.71. The van der Waals surface area contributed by atoms with Crippen molar-refractivity contribution in [1.82, 2.24) is 4.90 Å². The Morgan fingerprint density at radius 1 is 1.29 bits per heavy atom. The van der Waals surface area contributed by atoms with Gasteiger partial charge >= 0.3 is 6.09 Å². The van der Waals surface area contributed by atoms with Crippen molar-refractivity contribution in [2.24, 2.45) is 0 Å². The van der Waals surface area contributed by atoms with Crippen molar-refractivity contribution in [1.29, 1.82) is 0 Å². The number of hydrogen-bond donors (Lipinski definition) is 0. The van der Waals surface area contributed by atoms with Gasteiger partial charge in [0.15, 0.2) is 0 Å². The number of carbonyl (C=O) groups excluding carboxylic acids is 1. The van der Waals surface area contributed by atoms with E-state index in [1.54, 1.807) is 11.1 Å². The topological polar surface area (TPSA) is 29.5 Å². The van der Waals surface area contributed by atoms with Crippen molar-refractivity contribution in [2.45, 2.75) is 31.8 Å². The van der Waals surface area contributed by atoms with E-state index in [0.717, 1.165) is 12.8 Å². The molecule has 2 rings (SSSR count). The van der Waals surface area contributed by atoms with E-state index in [0.29, 0.717) is 6.54 Å². The molecule has 0 spiro atoms. The lowest BCUT2D eigenvalue weighted by atomic mass is 10.3. The van der Waals surface area contributed by atoms with Crippen molar-refractivity contribution < 1.29 is 9.53 Å². The lowest BCUT2D eigenvalue weighted by Gasteiger charge is -2.20. The van der Waals surface area contributed by atoms with E-state index >= 15 is 0 Å². The van der Waals surface area contributed by atoms with E-state index in [1.165, 1.54) is 12.8 Å². The number of allylic oxidation sites excluding steroid dienone is 2. The first-order valence-corrected chi connectivity index (χ1v) is 5.17. The third kappa shape index (κ3) is 2.16. The van der Waals surface area contributed by atoms with E-state index in [9.17, 15) is 4.79 Å². The van der Waals surface area contributed by atoms with Crippen LogP contribution in [-0.2, 0) is 4.74 Å². The van der Waals surface area contributed by atoms with Gasteiger partial charge in [-0.1, -0.05) is 12.2 Å². The summed E-state index contributed by atoms with van der Waals surface area (Å²) in [5.74, 6) is 0. The molecule has 1 aliphatic heterocycles. The molecule has 1 heterocycles. The molecule has 76 valence electrons. The molecule has 0 radical (unpaired) electrons. The molecule has 0 saturated heterocycles. The highest BCUT2D eigenvalue weighted by Gasteiger charge is 2.21. The fourth-order valence-corrected chi connectivity index (χ4v) is 1.82. The maximum atomic E-state index is 11.6. The van der Waals surface area contributed by atoms with Gasteiger partial charge in [0.25, 0.3) is 0 Å². The molecule has 1 amide bonds. The summed E-state index contributed by atoms with van der Waals surface area (Å²) in [4.78, 5) is 13.2. The average molecular weight is 193 g/mol. The molecule has 1 aliphatic carbocycles. The first kappa shape index (κ1) is 9.31. The Morgan fingerprint density at radius 3 is 2.71 bits per heavy atom. The Bertz CT molecular complexity index is 264. The van der Waals surface area contributed by atoms with Crippen LogP contribution in [-0.4, -0.2) is 23.6 Å². The monoisotopic (exact) mass is 193 g/mol. The zero-order valence-corrected chi connectivity index (χ0v) is 8.19. The van der Waals surface area contributed by atoms with Gasteiger partial charge in [-0.05, 0) is 31.8 Å². The summed E-state index contributed by atoms with van der Waals surface area (Å²) in [7, 11) is 0. The van der Waals surface area contributed by atoms with Gasteiger partial charge in [0.2, 0.25) is 0 Å². The van der Waals surface area contributed by atoms with Crippen LogP contribution >= 0.6 is 0 Å². The first-order chi connectivity index (χ1) is 6.86. The summed E-state index contributed by atoms with van der Waals surface area (Å²) < 4.78 is 5.35. The number of amides is 1. The normalized spacial score (nSPS) is 21.6.